The van der Waals surface area contributed by atoms with E-state index in [1.807, 2.05) is 18.2 Å². The van der Waals surface area contributed by atoms with Gasteiger partial charge in [0.25, 0.3) is 0 Å². The van der Waals surface area contributed by atoms with Gasteiger partial charge < -0.3 is 14.2 Å². The molecule has 3 rings (SSSR count). The van der Waals surface area contributed by atoms with Crippen molar-refractivity contribution < 1.29 is 14.2 Å². The highest BCUT2D eigenvalue weighted by Gasteiger charge is 2.45. The summed E-state index contributed by atoms with van der Waals surface area (Å²) in [5.41, 5.74) is 1.20. The second kappa shape index (κ2) is 3.93. The molecule has 2 atom stereocenters. The van der Waals surface area contributed by atoms with Gasteiger partial charge in [-0.25, -0.2) is 0 Å². The van der Waals surface area contributed by atoms with E-state index in [1.54, 1.807) is 0 Å². The summed E-state index contributed by atoms with van der Waals surface area (Å²) in [5.74, 6) is 0. The van der Waals surface area contributed by atoms with Crippen LogP contribution >= 0.6 is 0 Å². The van der Waals surface area contributed by atoms with E-state index in [0.29, 0.717) is 19.8 Å². The molecule has 0 aromatic heterocycles. The van der Waals surface area contributed by atoms with Gasteiger partial charge >= 0.3 is 0 Å². The minimum absolute atomic E-state index is 0.130. The Balaban J connectivity index is 1.59. The third-order valence-corrected chi connectivity index (χ3v) is 2.97. The van der Waals surface area contributed by atoms with Crippen LogP contribution in [0.3, 0.4) is 0 Å². The molecule has 2 bridgehead atoms. The van der Waals surface area contributed by atoms with Crippen molar-refractivity contribution >= 4 is 0 Å². The molecule has 2 aliphatic rings. The lowest BCUT2D eigenvalue weighted by Gasteiger charge is -2.12. The van der Waals surface area contributed by atoms with Crippen LogP contribution in [0.15, 0.2) is 30.3 Å². The van der Waals surface area contributed by atoms with Gasteiger partial charge in [-0.2, -0.15) is 0 Å². The molecule has 3 heteroatoms. The van der Waals surface area contributed by atoms with Gasteiger partial charge in [0.2, 0.25) is 0 Å². The molecule has 2 heterocycles. The van der Waals surface area contributed by atoms with Crippen LogP contribution in [0, 0.1) is 0 Å². The zero-order valence-corrected chi connectivity index (χ0v) is 8.46. The lowest BCUT2D eigenvalue weighted by Crippen LogP contribution is -2.26. The Hall–Kier alpha value is -0.900. The number of ether oxygens (including phenoxy) is 3. The molecule has 2 unspecified atom stereocenters. The minimum atomic E-state index is 0.130. The molecule has 0 saturated carbocycles. The number of hydrogen-bond acceptors (Lipinski definition) is 3. The first-order valence-corrected chi connectivity index (χ1v) is 5.32. The lowest BCUT2D eigenvalue weighted by atomic mass is 10.2. The summed E-state index contributed by atoms with van der Waals surface area (Å²) in [6, 6.07) is 10.2. The van der Waals surface area contributed by atoms with E-state index in [9.17, 15) is 0 Å². The van der Waals surface area contributed by atoms with Crippen LogP contribution in [0.5, 0.6) is 0 Å². The van der Waals surface area contributed by atoms with Gasteiger partial charge in [0.1, 0.15) is 18.3 Å². The van der Waals surface area contributed by atoms with Crippen LogP contribution in [0.1, 0.15) is 5.56 Å². The zero-order valence-electron chi connectivity index (χ0n) is 8.46. The second-order valence-electron chi connectivity index (χ2n) is 4.00. The summed E-state index contributed by atoms with van der Waals surface area (Å²) in [6.07, 6.45) is 0.433. The molecule has 1 aromatic carbocycles. The lowest BCUT2D eigenvalue weighted by molar-refractivity contribution is -0.0376. The van der Waals surface area contributed by atoms with Crippen molar-refractivity contribution in [1.29, 1.82) is 0 Å². The van der Waals surface area contributed by atoms with Crippen LogP contribution in [0.25, 0.3) is 0 Å². The smallest absolute Gasteiger partial charge is 0.115 e. The van der Waals surface area contributed by atoms with E-state index >= 15 is 0 Å². The van der Waals surface area contributed by atoms with E-state index in [1.165, 1.54) is 5.56 Å². The Kier molecular flexibility index (Phi) is 2.44. The molecule has 3 nitrogen and oxygen atoms in total. The third kappa shape index (κ3) is 1.78. The van der Waals surface area contributed by atoms with Crippen molar-refractivity contribution in [2.75, 3.05) is 13.2 Å². The Morgan fingerprint density at radius 1 is 1.07 bits per heavy atom. The SMILES string of the molecule is c1ccc(COC2C3COC2CO3)cc1. The van der Waals surface area contributed by atoms with Gasteiger partial charge in [0, 0.05) is 0 Å². The Morgan fingerprint density at radius 3 is 2.33 bits per heavy atom. The monoisotopic (exact) mass is 206 g/mol. The molecule has 0 aliphatic carbocycles. The Morgan fingerprint density at radius 2 is 1.73 bits per heavy atom. The molecule has 2 saturated heterocycles. The molecular formula is C12H14O3. The third-order valence-electron chi connectivity index (χ3n) is 2.97. The van der Waals surface area contributed by atoms with Crippen molar-refractivity contribution in [1.82, 2.24) is 0 Å². The molecule has 0 amide bonds. The first-order valence-electron chi connectivity index (χ1n) is 5.32. The van der Waals surface area contributed by atoms with Crippen molar-refractivity contribution in [3.8, 4) is 0 Å². The van der Waals surface area contributed by atoms with Crippen molar-refractivity contribution in [3.05, 3.63) is 35.9 Å². The van der Waals surface area contributed by atoms with Gasteiger partial charge in [-0.3, -0.25) is 0 Å². The van der Waals surface area contributed by atoms with Crippen molar-refractivity contribution in [2.45, 2.75) is 24.9 Å². The average Bonchev–Trinajstić information content (AvgIpc) is 2.87. The van der Waals surface area contributed by atoms with E-state index in [2.05, 4.69) is 12.1 Å². The first kappa shape index (κ1) is 9.33. The van der Waals surface area contributed by atoms with Gasteiger partial charge in [0.05, 0.1) is 19.8 Å². The topological polar surface area (TPSA) is 27.7 Å². The largest absolute Gasteiger partial charge is 0.370 e. The van der Waals surface area contributed by atoms with Gasteiger partial charge in [-0.05, 0) is 5.56 Å². The highest BCUT2D eigenvalue weighted by atomic mass is 16.6. The van der Waals surface area contributed by atoms with E-state index in [0.717, 1.165) is 0 Å². The molecule has 1 aromatic rings. The van der Waals surface area contributed by atoms with Crippen LogP contribution in [0.4, 0.5) is 0 Å². The molecular weight excluding hydrogens is 192 g/mol. The van der Waals surface area contributed by atoms with E-state index in [-0.39, 0.29) is 18.3 Å². The maximum atomic E-state index is 5.83. The zero-order chi connectivity index (χ0) is 10.1. The molecule has 0 N–H and O–H groups in total. The summed E-state index contributed by atoms with van der Waals surface area (Å²) in [7, 11) is 0. The Labute approximate surface area is 89.0 Å². The molecule has 0 spiro atoms. The Bertz CT molecular complexity index is 305. The number of rotatable bonds is 3. The summed E-state index contributed by atoms with van der Waals surface area (Å²) in [6.45, 7) is 2.01. The number of benzene rings is 1. The number of fused-ring (bicyclic) bond motifs is 2. The first-order chi connectivity index (χ1) is 7.43. The second-order valence-corrected chi connectivity index (χ2v) is 4.00. The predicted octanol–water partition coefficient (Wildman–Crippen LogP) is 1.37. The maximum absolute atomic E-state index is 5.83. The number of hydrogen-bond donors (Lipinski definition) is 0. The van der Waals surface area contributed by atoms with Gasteiger partial charge in [0.15, 0.2) is 0 Å². The highest BCUT2D eigenvalue weighted by Crippen LogP contribution is 2.28. The van der Waals surface area contributed by atoms with Gasteiger partial charge in [-0.1, -0.05) is 30.3 Å². The van der Waals surface area contributed by atoms with Crippen LogP contribution in [-0.2, 0) is 20.8 Å². The fraction of sp³-hybridized carbons (Fsp3) is 0.500. The quantitative estimate of drug-likeness (QED) is 0.747. The minimum Gasteiger partial charge on any atom is -0.370 e. The molecule has 0 radical (unpaired) electrons. The standard InChI is InChI=1S/C12H14O3/c1-2-4-9(5-3-1)6-15-12-10-7-13-11(12)8-14-10/h1-5,10-12H,6-8H2. The van der Waals surface area contributed by atoms with Gasteiger partial charge in [-0.15, -0.1) is 0 Å². The highest BCUT2D eigenvalue weighted by molar-refractivity contribution is 5.13. The van der Waals surface area contributed by atoms with Crippen molar-refractivity contribution in [3.63, 3.8) is 0 Å². The van der Waals surface area contributed by atoms with Crippen LogP contribution < -0.4 is 0 Å². The summed E-state index contributed by atoms with van der Waals surface area (Å²) in [4.78, 5) is 0. The average molecular weight is 206 g/mol. The fourth-order valence-corrected chi connectivity index (χ4v) is 2.13. The maximum Gasteiger partial charge on any atom is 0.115 e. The molecule has 80 valence electrons. The fourth-order valence-electron chi connectivity index (χ4n) is 2.13. The van der Waals surface area contributed by atoms with E-state index < -0.39 is 0 Å². The van der Waals surface area contributed by atoms with Crippen molar-refractivity contribution in [2.24, 2.45) is 0 Å². The predicted molar refractivity (Wildman–Crippen MR) is 54.5 cm³/mol. The molecule has 15 heavy (non-hydrogen) atoms. The van der Waals surface area contributed by atoms with E-state index in [4.69, 9.17) is 14.2 Å². The van der Waals surface area contributed by atoms with Crippen LogP contribution in [-0.4, -0.2) is 31.5 Å². The van der Waals surface area contributed by atoms with Crippen LogP contribution in [0.2, 0.25) is 0 Å². The summed E-state index contributed by atoms with van der Waals surface area (Å²) in [5, 5.41) is 0. The summed E-state index contributed by atoms with van der Waals surface area (Å²) < 4.78 is 16.8. The molecule has 2 fully saturated rings. The normalized spacial score (nSPS) is 33.5. The summed E-state index contributed by atoms with van der Waals surface area (Å²) >= 11 is 0. The molecule has 2 aliphatic heterocycles.